The van der Waals surface area contributed by atoms with Crippen molar-refractivity contribution in [3.8, 4) is 10.4 Å². The van der Waals surface area contributed by atoms with E-state index in [0.717, 1.165) is 41.0 Å². The number of amides is 3. The molecule has 5 N–H and O–H groups in total. The lowest BCUT2D eigenvalue weighted by molar-refractivity contribution is -0.144. The van der Waals surface area contributed by atoms with Crippen LogP contribution in [-0.4, -0.2) is 64.0 Å². The molecule has 1 saturated carbocycles. The van der Waals surface area contributed by atoms with Crippen LogP contribution in [0.4, 0.5) is 0 Å². The Labute approximate surface area is 240 Å². The minimum Gasteiger partial charge on any atom is -0.391 e. The highest BCUT2D eigenvalue weighted by molar-refractivity contribution is 7.13. The third-order valence-electron chi connectivity index (χ3n) is 8.44. The fourth-order valence-electron chi connectivity index (χ4n) is 5.70. The highest BCUT2D eigenvalue weighted by Crippen LogP contribution is 2.43. The molecule has 1 aliphatic heterocycles. The number of carbonyl (C=O) groups is 3. The summed E-state index contributed by atoms with van der Waals surface area (Å²) < 4.78 is 0. The van der Waals surface area contributed by atoms with E-state index in [2.05, 4.69) is 15.6 Å². The van der Waals surface area contributed by atoms with Gasteiger partial charge in [-0.1, -0.05) is 51.5 Å². The summed E-state index contributed by atoms with van der Waals surface area (Å²) >= 11 is 1.59. The van der Waals surface area contributed by atoms with E-state index in [1.54, 1.807) is 11.3 Å². The number of nitrogens with two attached hydrogens (primary N) is 1. The first kappa shape index (κ1) is 30.1. The Morgan fingerprint density at radius 1 is 1.20 bits per heavy atom. The second-order valence-corrected chi connectivity index (χ2v) is 13.5. The lowest BCUT2D eigenvalue weighted by Gasteiger charge is -2.41. The minimum atomic E-state index is -0.837. The number of aromatic nitrogens is 1. The zero-order valence-electron chi connectivity index (χ0n) is 24.2. The van der Waals surface area contributed by atoms with Crippen LogP contribution in [0.25, 0.3) is 10.4 Å². The molecule has 4 rings (SSSR count). The van der Waals surface area contributed by atoms with E-state index >= 15 is 0 Å². The number of β-amino-alcohol motifs (C(OH)–C–C–N with tert-alkyl or cyclic N) is 1. The summed E-state index contributed by atoms with van der Waals surface area (Å²) in [5.41, 5.74) is 9.98. The Bertz CT molecular complexity index is 1210. The molecule has 3 amide bonds. The standard InChI is InChI=1S/C30H43N5O4S/c1-18(20-7-9-21(10-8-20)25-19(2)32-17-40-25)33-27(38)23-13-22(36)15-35(23)28(39)26(29(3,4)5)34-24(37)14-30(16-31)11-6-12-30/h7-10,17-18,22-23,26,36H,6,11-16,31H2,1-5H3,(H,33,38)(H,34,37)/t18-,22+,23-,26+/m0/s1. The number of carbonyl (C=O) groups excluding carboxylic acids is 3. The molecule has 4 atom stereocenters. The molecule has 40 heavy (non-hydrogen) atoms. The molecule has 1 aromatic heterocycles. The maximum atomic E-state index is 13.8. The van der Waals surface area contributed by atoms with Crippen molar-refractivity contribution in [3.05, 3.63) is 41.0 Å². The van der Waals surface area contributed by atoms with Gasteiger partial charge in [-0.05, 0) is 55.2 Å². The number of hydrogen-bond donors (Lipinski definition) is 4. The molecular formula is C30H43N5O4S. The van der Waals surface area contributed by atoms with Gasteiger partial charge in [0.25, 0.3) is 0 Å². The van der Waals surface area contributed by atoms with E-state index in [1.165, 1.54) is 4.90 Å². The third-order valence-corrected chi connectivity index (χ3v) is 9.42. The summed E-state index contributed by atoms with van der Waals surface area (Å²) in [4.78, 5) is 47.1. The molecule has 1 saturated heterocycles. The van der Waals surface area contributed by atoms with Gasteiger partial charge in [0.05, 0.1) is 28.2 Å². The molecule has 0 spiro atoms. The molecule has 0 bridgehead atoms. The van der Waals surface area contributed by atoms with Crippen LogP contribution in [0.1, 0.15) is 77.1 Å². The Hall–Kier alpha value is -2.82. The van der Waals surface area contributed by atoms with Gasteiger partial charge < -0.3 is 26.4 Å². The summed E-state index contributed by atoms with van der Waals surface area (Å²) in [5, 5.41) is 16.5. The van der Waals surface area contributed by atoms with Crippen molar-refractivity contribution >= 4 is 29.1 Å². The van der Waals surface area contributed by atoms with Crippen LogP contribution in [0.2, 0.25) is 0 Å². The number of rotatable bonds is 9. The number of nitrogens with one attached hydrogen (secondary N) is 2. The van der Waals surface area contributed by atoms with Crippen LogP contribution in [0, 0.1) is 17.8 Å². The van der Waals surface area contributed by atoms with Gasteiger partial charge in [0.15, 0.2) is 0 Å². The van der Waals surface area contributed by atoms with Crippen molar-refractivity contribution in [1.29, 1.82) is 0 Å². The van der Waals surface area contributed by atoms with E-state index in [-0.39, 0.29) is 48.6 Å². The first-order valence-corrected chi connectivity index (χ1v) is 15.0. The largest absolute Gasteiger partial charge is 0.391 e. The third kappa shape index (κ3) is 6.56. The van der Waals surface area contributed by atoms with Gasteiger partial charge in [0, 0.05) is 19.4 Å². The highest BCUT2D eigenvalue weighted by Gasteiger charge is 2.45. The number of likely N-dealkylation sites (tertiary alicyclic amines) is 1. The smallest absolute Gasteiger partial charge is 0.246 e. The van der Waals surface area contributed by atoms with E-state index in [1.807, 2.05) is 64.4 Å². The van der Waals surface area contributed by atoms with E-state index < -0.39 is 23.6 Å². The van der Waals surface area contributed by atoms with Crippen LogP contribution < -0.4 is 16.4 Å². The monoisotopic (exact) mass is 569 g/mol. The molecule has 1 aliphatic carbocycles. The molecule has 1 aromatic carbocycles. The molecule has 2 aromatic rings. The van der Waals surface area contributed by atoms with Crippen molar-refractivity contribution in [1.82, 2.24) is 20.5 Å². The Balaban J connectivity index is 1.44. The van der Waals surface area contributed by atoms with Gasteiger partial charge in [-0.25, -0.2) is 4.98 Å². The normalized spacial score (nSPS) is 21.8. The van der Waals surface area contributed by atoms with Crippen LogP contribution >= 0.6 is 11.3 Å². The molecule has 218 valence electrons. The topological polar surface area (TPSA) is 138 Å². The predicted molar refractivity (Wildman–Crippen MR) is 156 cm³/mol. The van der Waals surface area contributed by atoms with Gasteiger partial charge >= 0.3 is 0 Å². The van der Waals surface area contributed by atoms with Crippen molar-refractivity contribution in [2.24, 2.45) is 16.6 Å². The number of hydrogen-bond acceptors (Lipinski definition) is 7. The van der Waals surface area contributed by atoms with Crippen LogP contribution in [0.15, 0.2) is 29.8 Å². The van der Waals surface area contributed by atoms with Crippen molar-refractivity contribution in [2.45, 2.75) is 91.0 Å². The first-order chi connectivity index (χ1) is 18.8. The Kier molecular flexibility index (Phi) is 9.02. The molecule has 0 unspecified atom stereocenters. The maximum absolute atomic E-state index is 13.8. The van der Waals surface area contributed by atoms with Crippen LogP contribution in [0.3, 0.4) is 0 Å². The summed E-state index contributed by atoms with van der Waals surface area (Å²) in [7, 11) is 0. The van der Waals surface area contributed by atoms with Gasteiger partial charge in [0.2, 0.25) is 17.7 Å². The second-order valence-electron chi connectivity index (χ2n) is 12.6. The first-order valence-electron chi connectivity index (χ1n) is 14.1. The average molecular weight is 570 g/mol. The number of aliphatic hydroxyl groups is 1. The number of thiazole rings is 1. The molecule has 2 heterocycles. The number of benzene rings is 1. The molecule has 9 nitrogen and oxygen atoms in total. The Morgan fingerprint density at radius 3 is 2.40 bits per heavy atom. The highest BCUT2D eigenvalue weighted by atomic mass is 32.1. The fraction of sp³-hybridized carbons (Fsp3) is 0.600. The second kappa shape index (κ2) is 12.0. The quantitative estimate of drug-likeness (QED) is 0.366. The maximum Gasteiger partial charge on any atom is 0.246 e. The number of aryl methyl sites for hydroxylation is 1. The number of nitrogens with zero attached hydrogens (tertiary/aromatic N) is 2. The lowest BCUT2D eigenvalue weighted by Crippen LogP contribution is -2.58. The number of aliphatic hydroxyl groups excluding tert-OH is 1. The molecule has 0 radical (unpaired) electrons. The molecule has 2 fully saturated rings. The van der Waals surface area contributed by atoms with E-state index in [0.29, 0.717) is 6.54 Å². The lowest BCUT2D eigenvalue weighted by atomic mass is 9.66. The zero-order chi connectivity index (χ0) is 29.2. The minimum absolute atomic E-state index is 0.0450. The summed E-state index contributed by atoms with van der Waals surface area (Å²) in [5.74, 6) is -0.884. The van der Waals surface area contributed by atoms with Gasteiger partial charge in [-0.3, -0.25) is 14.4 Å². The zero-order valence-corrected chi connectivity index (χ0v) is 25.0. The summed E-state index contributed by atoms with van der Waals surface area (Å²) in [6.45, 7) is 10.0. The van der Waals surface area contributed by atoms with Gasteiger partial charge in [0.1, 0.15) is 12.1 Å². The summed E-state index contributed by atoms with van der Waals surface area (Å²) in [6.07, 6.45) is 2.50. The average Bonchev–Trinajstić information content (AvgIpc) is 3.49. The van der Waals surface area contributed by atoms with Crippen LogP contribution in [-0.2, 0) is 14.4 Å². The van der Waals surface area contributed by atoms with Crippen molar-refractivity contribution < 1.29 is 19.5 Å². The molecule has 10 heteroatoms. The molecular weight excluding hydrogens is 526 g/mol. The fourth-order valence-corrected chi connectivity index (χ4v) is 6.51. The van der Waals surface area contributed by atoms with Crippen LogP contribution in [0.5, 0.6) is 0 Å². The molecule has 2 aliphatic rings. The Morgan fingerprint density at radius 2 is 1.88 bits per heavy atom. The predicted octanol–water partition coefficient (Wildman–Crippen LogP) is 3.31. The SMILES string of the molecule is Cc1ncsc1-c1ccc([C@H](C)NC(=O)[C@@H]2C[C@@H](O)CN2C(=O)[C@@H](NC(=O)CC2(CN)CCC2)C(C)(C)C)cc1. The summed E-state index contributed by atoms with van der Waals surface area (Å²) in [6, 6.07) is 6.03. The van der Waals surface area contributed by atoms with E-state index in [9.17, 15) is 19.5 Å². The van der Waals surface area contributed by atoms with Gasteiger partial charge in [-0.15, -0.1) is 11.3 Å². The van der Waals surface area contributed by atoms with Crippen molar-refractivity contribution in [3.63, 3.8) is 0 Å². The van der Waals surface area contributed by atoms with E-state index in [4.69, 9.17) is 5.73 Å². The van der Waals surface area contributed by atoms with Crippen molar-refractivity contribution in [2.75, 3.05) is 13.1 Å². The van der Waals surface area contributed by atoms with Gasteiger partial charge in [-0.2, -0.15) is 0 Å².